The molecule has 1 atom stereocenters. The van der Waals surface area contributed by atoms with Gasteiger partial charge in [0, 0.05) is 11.4 Å². The molecule has 1 amide bonds. The average molecular weight is 302 g/mol. The fraction of sp³-hybridized carbons (Fsp3) is 0.278. The van der Waals surface area contributed by atoms with E-state index in [9.17, 15) is 4.79 Å². The third kappa shape index (κ3) is 4.33. The lowest BCUT2D eigenvalue weighted by molar-refractivity contribution is 0.0934. The van der Waals surface area contributed by atoms with Crippen LogP contribution in [-0.4, -0.2) is 5.91 Å². The maximum Gasteiger partial charge on any atom is 0.251 e. The molecule has 0 fully saturated rings. The Balaban J connectivity index is 2.14. The van der Waals surface area contributed by atoms with Crippen LogP contribution in [0.3, 0.4) is 0 Å². The number of alkyl halides is 1. The predicted molar refractivity (Wildman–Crippen MR) is 87.6 cm³/mol. The van der Waals surface area contributed by atoms with Crippen LogP contribution in [0.25, 0.3) is 0 Å². The summed E-state index contributed by atoms with van der Waals surface area (Å²) < 4.78 is 0. The molecule has 1 N–H and O–H groups in total. The smallest absolute Gasteiger partial charge is 0.251 e. The highest BCUT2D eigenvalue weighted by molar-refractivity contribution is 6.17. The molecule has 0 saturated carbocycles. The zero-order valence-electron chi connectivity index (χ0n) is 12.2. The molecule has 0 bridgehead atoms. The molecule has 1 unspecified atom stereocenters. The van der Waals surface area contributed by atoms with Crippen LogP contribution in [-0.2, 0) is 5.88 Å². The van der Waals surface area contributed by atoms with E-state index in [2.05, 4.69) is 24.4 Å². The van der Waals surface area contributed by atoms with Crippen molar-refractivity contribution in [3.63, 3.8) is 0 Å². The standard InChI is InChI=1S/C18H20ClNO/c1-2-7-17(15-9-4-3-5-10-15)20-18(21)16-11-6-8-14(12-16)13-19/h3-6,8-12,17H,2,7,13H2,1H3,(H,20,21). The number of carbonyl (C=O) groups excluding carboxylic acids is 1. The van der Waals surface area contributed by atoms with E-state index in [1.54, 1.807) is 0 Å². The summed E-state index contributed by atoms with van der Waals surface area (Å²) in [4.78, 5) is 12.4. The average Bonchev–Trinajstić information content (AvgIpc) is 2.55. The van der Waals surface area contributed by atoms with Crippen molar-refractivity contribution in [3.8, 4) is 0 Å². The van der Waals surface area contributed by atoms with Crippen LogP contribution >= 0.6 is 11.6 Å². The quantitative estimate of drug-likeness (QED) is 0.770. The van der Waals surface area contributed by atoms with Crippen LogP contribution in [0.5, 0.6) is 0 Å². The van der Waals surface area contributed by atoms with E-state index in [0.717, 1.165) is 24.0 Å². The highest BCUT2D eigenvalue weighted by Gasteiger charge is 2.14. The minimum absolute atomic E-state index is 0.0448. The Morgan fingerprint density at radius 1 is 1.14 bits per heavy atom. The van der Waals surface area contributed by atoms with Crippen molar-refractivity contribution in [3.05, 3.63) is 71.3 Å². The normalized spacial score (nSPS) is 11.9. The van der Waals surface area contributed by atoms with Crippen molar-refractivity contribution >= 4 is 17.5 Å². The molecule has 0 aromatic heterocycles. The topological polar surface area (TPSA) is 29.1 Å². The lowest BCUT2D eigenvalue weighted by Gasteiger charge is -2.19. The van der Waals surface area contributed by atoms with E-state index in [0.29, 0.717) is 11.4 Å². The van der Waals surface area contributed by atoms with Crippen molar-refractivity contribution < 1.29 is 4.79 Å². The second kappa shape index (κ2) is 7.84. The van der Waals surface area contributed by atoms with E-state index in [1.165, 1.54) is 0 Å². The second-order valence-corrected chi connectivity index (χ2v) is 5.33. The van der Waals surface area contributed by atoms with Crippen LogP contribution < -0.4 is 5.32 Å². The molecule has 0 saturated heterocycles. The number of hydrogen-bond donors (Lipinski definition) is 1. The van der Waals surface area contributed by atoms with Gasteiger partial charge in [-0.1, -0.05) is 55.8 Å². The molecule has 21 heavy (non-hydrogen) atoms. The van der Waals surface area contributed by atoms with Gasteiger partial charge in [-0.3, -0.25) is 4.79 Å². The zero-order chi connectivity index (χ0) is 15.1. The predicted octanol–water partition coefficient (Wildman–Crippen LogP) is 4.70. The van der Waals surface area contributed by atoms with Crippen molar-refractivity contribution in [1.29, 1.82) is 0 Å². The van der Waals surface area contributed by atoms with Crippen molar-refractivity contribution in [2.45, 2.75) is 31.7 Å². The summed E-state index contributed by atoms with van der Waals surface area (Å²) in [5.41, 5.74) is 2.75. The highest BCUT2D eigenvalue weighted by atomic mass is 35.5. The Hall–Kier alpha value is -1.80. The molecule has 110 valence electrons. The van der Waals surface area contributed by atoms with E-state index in [4.69, 9.17) is 11.6 Å². The molecular formula is C18H20ClNO. The van der Waals surface area contributed by atoms with Gasteiger partial charge >= 0.3 is 0 Å². The van der Waals surface area contributed by atoms with E-state index >= 15 is 0 Å². The van der Waals surface area contributed by atoms with Gasteiger partial charge in [0.2, 0.25) is 0 Å². The van der Waals surface area contributed by atoms with Gasteiger partial charge in [0.1, 0.15) is 0 Å². The van der Waals surface area contributed by atoms with Crippen LogP contribution in [0.2, 0.25) is 0 Å². The number of amides is 1. The first-order valence-electron chi connectivity index (χ1n) is 7.25. The van der Waals surface area contributed by atoms with Gasteiger partial charge in [0.05, 0.1) is 6.04 Å². The van der Waals surface area contributed by atoms with Crippen LogP contribution in [0.1, 0.15) is 47.3 Å². The number of benzene rings is 2. The summed E-state index contributed by atoms with van der Waals surface area (Å²) in [6.45, 7) is 2.12. The Labute approximate surface area is 131 Å². The second-order valence-electron chi connectivity index (χ2n) is 5.06. The van der Waals surface area contributed by atoms with Gasteiger partial charge in [-0.2, -0.15) is 0 Å². The highest BCUT2D eigenvalue weighted by Crippen LogP contribution is 2.19. The maximum absolute atomic E-state index is 12.4. The molecule has 0 aliphatic carbocycles. The molecule has 0 spiro atoms. The van der Waals surface area contributed by atoms with Gasteiger partial charge in [0.15, 0.2) is 0 Å². The molecule has 2 aromatic rings. The number of rotatable bonds is 6. The van der Waals surface area contributed by atoms with Crippen LogP contribution in [0, 0.1) is 0 Å². The monoisotopic (exact) mass is 301 g/mol. The SMILES string of the molecule is CCCC(NC(=O)c1cccc(CCl)c1)c1ccccc1. The summed E-state index contributed by atoms with van der Waals surface area (Å²) in [6, 6.07) is 17.6. The molecule has 0 heterocycles. The maximum atomic E-state index is 12.4. The van der Waals surface area contributed by atoms with Gasteiger partial charge in [-0.05, 0) is 29.7 Å². The number of hydrogen-bond acceptors (Lipinski definition) is 1. The molecule has 2 rings (SSSR count). The lowest BCUT2D eigenvalue weighted by Crippen LogP contribution is -2.28. The lowest BCUT2D eigenvalue weighted by atomic mass is 10.0. The van der Waals surface area contributed by atoms with Gasteiger partial charge in [-0.15, -0.1) is 11.6 Å². The fourth-order valence-corrected chi connectivity index (χ4v) is 2.50. The number of carbonyl (C=O) groups is 1. The third-order valence-corrected chi connectivity index (χ3v) is 3.74. The molecule has 2 nitrogen and oxygen atoms in total. The van der Waals surface area contributed by atoms with Crippen LogP contribution in [0.4, 0.5) is 0 Å². The largest absolute Gasteiger partial charge is 0.345 e. The molecule has 0 radical (unpaired) electrons. The Morgan fingerprint density at radius 2 is 1.90 bits per heavy atom. The number of nitrogens with one attached hydrogen (secondary N) is 1. The summed E-state index contributed by atoms with van der Waals surface area (Å²) >= 11 is 5.82. The van der Waals surface area contributed by atoms with E-state index in [-0.39, 0.29) is 11.9 Å². The van der Waals surface area contributed by atoms with Gasteiger partial charge < -0.3 is 5.32 Å². The number of halogens is 1. The van der Waals surface area contributed by atoms with E-state index in [1.807, 2.05) is 42.5 Å². The summed E-state index contributed by atoms with van der Waals surface area (Å²) in [6.07, 6.45) is 1.94. The Kier molecular flexibility index (Phi) is 5.82. The van der Waals surface area contributed by atoms with Crippen molar-refractivity contribution in [2.75, 3.05) is 0 Å². The fourth-order valence-electron chi connectivity index (χ4n) is 2.33. The molecule has 3 heteroatoms. The first-order valence-corrected chi connectivity index (χ1v) is 7.78. The molecular weight excluding hydrogens is 282 g/mol. The molecule has 2 aromatic carbocycles. The third-order valence-electron chi connectivity index (χ3n) is 3.43. The first kappa shape index (κ1) is 15.6. The Bertz CT molecular complexity index is 583. The van der Waals surface area contributed by atoms with Crippen LogP contribution in [0.15, 0.2) is 54.6 Å². The summed E-state index contributed by atoms with van der Waals surface area (Å²) in [7, 11) is 0. The first-order chi connectivity index (χ1) is 10.2. The van der Waals surface area contributed by atoms with Crippen molar-refractivity contribution in [1.82, 2.24) is 5.32 Å². The molecule has 0 aliphatic heterocycles. The van der Waals surface area contributed by atoms with Gasteiger partial charge in [0.25, 0.3) is 5.91 Å². The van der Waals surface area contributed by atoms with E-state index < -0.39 is 0 Å². The Morgan fingerprint density at radius 3 is 2.57 bits per heavy atom. The summed E-state index contributed by atoms with van der Waals surface area (Å²) in [5.74, 6) is 0.363. The minimum atomic E-state index is -0.0516. The minimum Gasteiger partial charge on any atom is -0.345 e. The summed E-state index contributed by atoms with van der Waals surface area (Å²) in [5, 5.41) is 3.12. The van der Waals surface area contributed by atoms with Gasteiger partial charge in [-0.25, -0.2) is 0 Å². The van der Waals surface area contributed by atoms with Crippen molar-refractivity contribution in [2.24, 2.45) is 0 Å². The zero-order valence-corrected chi connectivity index (χ0v) is 12.9. The molecule has 0 aliphatic rings.